The van der Waals surface area contributed by atoms with Crippen LogP contribution in [0.3, 0.4) is 0 Å². The number of sulfonamides is 1. The molecular formula is C17H16ClN5O3S2. The van der Waals surface area contributed by atoms with Crippen LogP contribution in [-0.2, 0) is 21.4 Å². The third kappa shape index (κ3) is 5.18. The number of benzene rings is 2. The van der Waals surface area contributed by atoms with Gasteiger partial charge in [0.05, 0.1) is 11.9 Å². The molecule has 0 spiro atoms. The molecule has 0 aliphatic rings. The molecule has 3 N–H and O–H groups in total. The number of anilines is 2. The van der Waals surface area contributed by atoms with Crippen molar-refractivity contribution in [3.63, 3.8) is 0 Å². The van der Waals surface area contributed by atoms with Gasteiger partial charge < -0.3 is 5.32 Å². The van der Waals surface area contributed by atoms with E-state index in [0.29, 0.717) is 27.0 Å². The Morgan fingerprint density at radius 3 is 2.57 bits per heavy atom. The van der Waals surface area contributed by atoms with Crippen molar-refractivity contribution >= 4 is 51.1 Å². The first kappa shape index (κ1) is 20.1. The van der Waals surface area contributed by atoms with Crippen molar-refractivity contribution in [2.24, 2.45) is 0 Å². The molecule has 2 aromatic carbocycles. The van der Waals surface area contributed by atoms with Gasteiger partial charge in [-0.15, -0.1) is 0 Å². The molecule has 0 unspecified atom stereocenters. The highest BCUT2D eigenvalue weighted by molar-refractivity contribution is 7.92. The second kappa shape index (κ2) is 8.13. The summed E-state index contributed by atoms with van der Waals surface area (Å²) in [5.41, 5.74) is 1.55. The first-order valence-corrected chi connectivity index (χ1v) is 10.7. The van der Waals surface area contributed by atoms with Crippen LogP contribution in [0.4, 0.5) is 11.4 Å². The lowest BCUT2D eigenvalue weighted by Gasteiger charge is -2.10. The Kier molecular flexibility index (Phi) is 5.82. The van der Waals surface area contributed by atoms with E-state index in [0.717, 1.165) is 11.8 Å². The van der Waals surface area contributed by atoms with Gasteiger partial charge in [0.2, 0.25) is 15.9 Å². The Hall–Kier alpha value is -2.69. The first-order valence-electron chi connectivity index (χ1n) is 8.00. The lowest BCUT2D eigenvalue weighted by molar-refractivity contribution is -0.116. The van der Waals surface area contributed by atoms with Gasteiger partial charge in [0, 0.05) is 16.3 Å². The zero-order valence-electron chi connectivity index (χ0n) is 14.6. The molecule has 1 heterocycles. The largest absolute Gasteiger partial charge is 0.324 e. The van der Waals surface area contributed by atoms with Crippen LogP contribution in [0.2, 0.25) is 5.02 Å². The molecule has 28 heavy (non-hydrogen) atoms. The molecule has 0 saturated heterocycles. The number of aromatic amines is 1. The molecule has 0 saturated carbocycles. The maximum atomic E-state index is 12.5. The van der Waals surface area contributed by atoms with E-state index in [1.807, 2.05) is 0 Å². The van der Waals surface area contributed by atoms with Gasteiger partial charge in [0.25, 0.3) is 0 Å². The van der Waals surface area contributed by atoms with Gasteiger partial charge in [0.1, 0.15) is 6.54 Å². The monoisotopic (exact) mass is 437 g/mol. The summed E-state index contributed by atoms with van der Waals surface area (Å²) in [5, 5.41) is 10.2. The maximum absolute atomic E-state index is 12.5. The predicted molar refractivity (Wildman–Crippen MR) is 111 cm³/mol. The molecule has 3 rings (SSSR count). The molecule has 8 nitrogen and oxygen atoms in total. The Morgan fingerprint density at radius 2 is 1.89 bits per heavy atom. The zero-order valence-corrected chi connectivity index (χ0v) is 17.0. The molecule has 1 amide bonds. The number of nitrogens with one attached hydrogen (secondary N) is 3. The van der Waals surface area contributed by atoms with Crippen LogP contribution in [0.1, 0.15) is 0 Å². The van der Waals surface area contributed by atoms with E-state index < -0.39 is 10.0 Å². The van der Waals surface area contributed by atoms with E-state index in [9.17, 15) is 13.2 Å². The Morgan fingerprint density at radius 1 is 1.21 bits per heavy atom. The summed E-state index contributed by atoms with van der Waals surface area (Å²) in [7, 11) is -3.41. The minimum atomic E-state index is -3.41. The summed E-state index contributed by atoms with van der Waals surface area (Å²) in [5.74, 6) is 0.161. The van der Waals surface area contributed by atoms with E-state index in [4.69, 9.17) is 23.8 Å². The molecule has 0 aliphatic heterocycles. The third-order valence-electron chi connectivity index (χ3n) is 3.61. The second-order valence-corrected chi connectivity index (χ2v) is 8.52. The highest BCUT2D eigenvalue weighted by Gasteiger charge is 2.13. The number of aromatic nitrogens is 3. The van der Waals surface area contributed by atoms with Crippen LogP contribution < -0.4 is 10.0 Å². The van der Waals surface area contributed by atoms with E-state index in [2.05, 4.69) is 20.2 Å². The van der Waals surface area contributed by atoms with Crippen LogP contribution >= 0.6 is 23.8 Å². The van der Waals surface area contributed by atoms with Crippen molar-refractivity contribution in [3.05, 3.63) is 58.3 Å². The van der Waals surface area contributed by atoms with E-state index in [1.165, 1.54) is 6.07 Å². The number of rotatable bonds is 6. The van der Waals surface area contributed by atoms with Crippen LogP contribution in [0.15, 0.2) is 48.5 Å². The highest BCUT2D eigenvalue weighted by Crippen LogP contribution is 2.20. The summed E-state index contributed by atoms with van der Waals surface area (Å²) in [6.45, 7) is -0.0724. The average molecular weight is 438 g/mol. The minimum absolute atomic E-state index is 0.0724. The van der Waals surface area contributed by atoms with Gasteiger partial charge in [-0.25, -0.2) is 8.42 Å². The van der Waals surface area contributed by atoms with Crippen molar-refractivity contribution < 1.29 is 13.2 Å². The van der Waals surface area contributed by atoms with Crippen molar-refractivity contribution in [2.45, 2.75) is 6.54 Å². The van der Waals surface area contributed by atoms with Gasteiger partial charge in [-0.05, 0) is 54.7 Å². The smallest absolute Gasteiger partial charge is 0.244 e. The van der Waals surface area contributed by atoms with Gasteiger partial charge >= 0.3 is 0 Å². The molecule has 0 fully saturated rings. The number of halogens is 1. The van der Waals surface area contributed by atoms with Crippen molar-refractivity contribution in [2.75, 3.05) is 16.3 Å². The third-order valence-corrected chi connectivity index (χ3v) is 4.78. The molecule has 1 aromatic heterocycles. The SMILES string of the molecule is CS(=O)(=O)Nc1cccc(NC(=O)Cn2c(-c3ccc(Cl)cc3)n[nH]c2=S)c1. The Balaban J connectivity index is 1.78. The number of carbonyl (C=O) groups is 1. The molecule has 0 radical (unpaired) electrons. The first-order chi connectivity index (χ1) is 13.2. The summed E-state index contributed by atoms with van der Waals surface area (Å²) in [4.78, 5) is 12.5. The predicted octanol–water partition coefficient (Wildman–Crippen LogP) is 3.27. The Bertz CT molecular complexity index is 1170. The quantitative estimate of drug-likeness (QED) is 0.513. The number of carbonyl (C=O) groups excluding carboxylic acids is 1. The number of nitrogens with zero attached hydrogens (tertiary/aromatic N) is 2. The summed E-state index contributed by atoms with van der Waals surface area (Å²) in [6.07, 6.45) is 1.05. The fraction of sp³-hybridized carbons (Fsp3) is 0.118. The fourth-order valence-electron chi connectivity index (χ4n) is 2.50. The molecule has 11 heteroatoms. The topological polar surface area (TPSA) is 109 Å². The minimum Gasteiger partial charge on any atom is -0.324 e. The lowest BCUT2D eigenvalue weighted by Crippen LogP contribution is -2.19. The van der Waals surface area contributed by atoms with Crippen molar-refractivity contribution in [1.82, 2.24) is 14.8 Å². The molecule has 146 valence electrons. The second-order valence-electron chi connectivity index (χ2n) is 5.95. The van der Waals surface area contributed by atoms with Gasteiger partial charge in [0.15, 0.2) is 10.6 Å². The molecule has 0 atom stereocenters. The standard InChI is InChI=1S/C17H16ClN5O3S2/c1-28(25,26)22-14-4-2-3-13(9-14)19-15(24)10-23-16(20-21-17(23)27)11-5-7-12(18)8-6-11/h2-9,22H,10H2,1H3,(H,19,24)(H,21,27). The van der Waals surface area contributed by atoms with E-state index in [-0.39, 0.29) is 12.5 Å². The van der Waals surface area contributed by atoms with Crippen LogP contribution in [0.25, 0.3) is 11.4 Å². The fourth-order valence-corrected chi connectivity index (χ4v) is 3.38. The van der Waals surface area contributed by atoms with Crippen LogP contribution in [-0.4, -0.2) is 35.3 Å². The van der Waals surface area contributed by atoms with Gasteiger partial charge in [-0.3, -0.25) is 19.2 Å². The highest BCUT2D eigenvalue weighted by atomic mass is 35.5. The molecular weight excluding hydrogens is 422 g/mol. The van der Waals surface area contributed by atoms with Gasteiger partial charge in [-0.2, -0.15) is 5.10 Å². The zero-order chi connectivity index (χ0) is 20.3. The summed E-state index contributed by atoms with van der Waals surface area (Å²) in [6, 6.07) is 13.4. The van der Waals surface area contributed by atoms with Crippen molar-refractivity contribution in [1.29, 1.82) is 0 Å². The van der Waals surface area contributed by atoms with E-state index >= 15 is 0 Å². The van der Waals surface area contributed by atoms with E-state index in [1.54, 1.807) is 47.0 Å². The maximum Gasteiger partial charge on any atom is 0.244 e. The number of hydrogen-bond acceptors (Lipinski definition) is 5. The molecule has 0 bridgehead atoms. The molecule has 0 aliphatic carbocycles. The van der Waals surface area contributed by atoms with Crippen molar-refractivity contribution in [3.8, 4) is 11.4 Å². The molecule has 3 aromatic rings. The van der Waals surface area contributed by atoms with Crippen LogP contribution in [0.5, 0.6) is 0 Å². The van der Waals surface area contributed by atoms with Gasteiger partial charge in [-0.1, -0.05) is 17.7 Å². The average Bonchev–Trinajstić information content (AvgIpc) is 2.95. The summed E-state index contributed by atoms with van der Waals surface area (Å²) < 4.78 is 26.9. The Labute approximate surface area is 171 Å². The normalized spacial score (nSPS) is 11.2. The number of amides is 1. The number of hydrogen-bond donors (Lipinski definition) is 3. The summed E-state index contributed by atoms with van der Waals surface area (Å²) >= 11 is 11.1. The van der Waals surface area contributed by atoms with Crippen LogP contribution in [0, 0.1) is 4.77 Å². The number of H-pyrrole nitrogens is 1. The lowest BCUT2D eigenvalue weighted by atomic mass is 10.2.